The fourth-order valence-corrected chi connectivity index (χ4v) is 1.60. The second kappa shape index (κ2) is 7.69. The second-order valence-corrected chi connectivity index (χ2v) is 4.31. The molecule has 0 aliphatic rings. The van der Waals surface area contributed by atoms with Gasteiger partial charge in [0.15, 0.2) is 6.10 Å². The number of rotatable bonds is 8. The van der Waals surface area contributed by atoms with Crippen molar-refractivity contribution in [1.82, 2.24) is 0 Å². The molecule has 1 aromatic carbocycles. The highest BCUT2D eigenvalue weighted by Gasteiger charge is 2.09. The summed E-state index contributed by atoms with van der Waals surface area (Å²) in [5.74, 6) is 0.152. The highest BCUT2D eigenvalue weighted by molar-refractivity contribution is 5.78. The Balaban J connectivity index is 2.40. The number of nitrogens with two attached hydrogens (primary N) is 1. The van der Waals surface area contributed by atoms with Gasteiger partial charge in [-0.25, -0.2) is 0 Å². The maximum absolute atomic E-state index is 11.9. The molecular weight excluding hydrogens is 233 g/mol. The number of hydrogen-bond donors (Lipinski definition) is 1. The van der Waals surface area contributed by atoms with Crippen LogP contribution in [0.25, 0.3) is 0 Å². The van der Waals surface area contributed by atoms with E-state index in [9.17, 15) is 9.18 Å². The SMILES string of the molecule is CC(Oc1ccc(CCCCCF)cc1)C(N)=O. The molecule has 0 fully saturated rings. The van der Waals surface area contributed by atoms with Gasteiger partial charge in [0.2, 0.25) is 0 Å². The van der Waals surface area contributed by atoms with Crippen molar-refractivity contribution in [3.63, 3.8) is 0 Å². The van der Waals surface area contributed by atoms with Gasteiger partial charge in [-0.15, -0.1) is 0 Å². The minimum atomic E-state index is -0.625. The predicted octanol–water partition coefficient (Wildman–Crippen LogP) is 2.62. The van der Waals surface area contributed by atoms with Crippen LogP contribution < -0.4 is 10.5 Å². The van der Waals surface area contributed by atoms with Crippen molar-refractivity contribution in [2.24, 2.45) is 5.73 Å². The summed E-state index contributed by atoms with van der Waals surface area (Å²) in [5.41, 5.74) is 6.30. The molecule has 0 aromatic heterocycles. The van der Waals surface area contributed by atoms with Crippen molar-refractivity contribution in [2.75, 3.05) is 6.67 Å². The van der Waals surface area contributed by atoms with E-state index in [1.54, 1.807) is 6.92 Å². The summed E-state index contributed by atoms with van der Waals surface area (Å²) in [5, 5.41) is 0. The summed E-state index contributed by atoms with van der Waals surface area (Å²) < 4.78 is 17.3. The highest BCUT2D eigenvalue weighted by atomic mass is 19.1. The summed E-state index contributed by atoms with van der Waals surface area (Å²) in [4.78, 5) is 10.8. The van der Waals surface area contributed by atoms with Crippen LogP contribution in [0.5, 0.6) is 5.75 Å². The molecule has 0 spiro atoms. The van der Waals surface area contributed by atoms with Gasteiger partial charge in [-0.1, -0.05) is 18.6 Å². The Hall–Kier alpha value is -1.58. The van der Waals surface area contributed by atoms with Gasteiger partial charge in [-0.2, -0.15) is 0 Å². The molecule has 18 heavy (non-hydrogen) atoms. The van der Waals surface area contributed by atoms with Crippen LogP contribution in [0.15, 0.2) is 24.3 Å². The van der Waals surface area contributed by atoms with Crippen LogP contribution >= 0.6 is 0 Å². The van der Waals surface area contributed by atoms with E-state index < -0.39 is 12.0 Å². The summed E-state index contributed by atoms with van der Waals surface area (Å²) in [7, 11) is 0. The summed E-state index contributed by atoms with van der Waals surface area (Å²) in [6.07, 6.45) is 2.85. The smallest absolute Gasteiger partial charge is 0.258 e. The van der Waals surface area contributed by atoms with E-state index in [1.807, 2.05) is 24.3 Å². The van der Waals surface area contributed by atoms with E-state index in [-0.39, 0.29) is 6.67 Å². The fraction of sp³-hybridized carbons (Fsp3) is 0.500. The van der Waals surface area contributed by atoms with E-state index in [1.165, 1.54) is 5.56 Å². The molecular formula is C14H20FNO2. The third kappa shape index (κ3) is 5.17. The van der Waals surface area contributed by atoms with Gasteiger partial charge in [0, 0.05) is 0 Å². The number of benzene rings is 1. The molecule has 4 heteroatoms. The van der Waals surface area contributed by atoms with E-state index in [0.29, 0.717) is 12.2 Å². The summed E-state index contributed by atoms with van der Waals surface area (Å²) >= 11 is 0. The molecule has 1 aromatic rings. The normalized spacial score (nSPS) is 12.1. The third-order valence-electron chi connectivity index (χ3n) is 2.74. The maximum atomic E-state index is 11.9. The van der Waals surface area contributed by atoms with Crippen LogP contribution in [0.2, 0.25) is 0 Å². The number of amides is 1. The average Bonchev–Trinajstić information content (AvgIpc) is 2.36. The van der Waals surface area contributed by atoms with Crippen molar-refractivity contribution in [3.8, 4) is 5.75 Å². The Morgan fingerprint density at radius 3 is 2.50 bits per heavy atom. The van der Waals surface area contributed by atoms with Crippen LogP contribution in [0.1, 0.15) is 31.7 Å². The first-order valence-electron chi connectivity index (χ1n) is 6.24. The zero-order valence-corrected chi connectivity index (χ0v) is 10.7. The maximum Gasteiger partial charge on any atom is 0.258 e. The van der Waals surface area contributed by atoms with Crippen LogP contribution in [-0.2, 0) is 11.2 Å². The predicted molar refractivity (Wildman–Crippen MR) is 69.3 cm³/mol. The molecule has 0 radical (unpaired) electrons. The van der Waals surface area contributed by atoms with Crippen molar-refractivity contribution < 1.29 is 13.9 Å². The largest absolute Gasteiger partial charge is 0.481 e. The van der Waals surface area contributed by atoms with Gasteiger partial charge in [-0.3, -0.25) is 9.18 Å². The number of halogens is 1. The standard InChI is InChI=1S/C14H20FNO2/c1-11(14(16)17)18-13-8-6-12(7-9-13)5-3-2-4-10-15/h6-9,11H,2-5,10H2,1H3,(H2,16,17). The Morgan fingerprint density at radius 1 is 1.28 bits per heavy atom. The highest BCUT2D eigenvalue weighted by Crippen LogP contribution is 2.15. The molecule has 0 aliphatic carbocycles. The number of carbonyl (C=O) groups is 1. The van der Waals surface area contributed by atoms with Gasteiger partial charge in [-0.05, 0) is 43.9 Å². The average molecular weight is 253 g/mol. The zero-order chi connectivity index (χ0) is 13.4. The number of aryl methyl sites for hydroxylation is 1. The number of hydrogen-bond acceptors (Lipinski definition) is 2. The molecule has 1 unspecified atom stereocenters. The molecule has 2 N–H and O–H groups in total. The Kier molecular flexibility index (Phi) is 6.19. The molecule has 1 rings (SSSR count). The fourth-order valence-electron chi connectivity index (χ4n) is 1.60. The van der Waals surface area contributed by atoms with Crippen molar-refractivity contribution in [2.45, 2.75) is 38.7 Å². The molecule has 0 bridgehead atoms. The topological polar surface area (TPSA) is 52.3 Å². The van der Waals surface area contributed by atoms with Crippen LogP contribution in [0.4, 0.5) is 4.39 Å². The van der Waals surface area contributed by atoms with Gasteiger partial charge < -0.3 is 10.5 Å². The second-order valence-electron chi connectivity index (χ2n) is 4.31. The molecule has 0 heterocycles. The lowest BCUT2D eigenvalue weighted by atomic mass is 10.1. The van der Waals surface area contributed by atoms with Gasteiger partial charge in [0.25, 0.3) is 5.91 Å². The number of unbranched alkanes of at least 4 members (excludes halogenated alkanes) is 2. The first-order valence-corrected chi connectivity index (χ1v) is 6.24. The van der Waals surface area contributed by atoms with Gasteiger partial charge >= 0.3 is 0 Å². The molecule has 0 saturated heterocycles. The first-order chi connectivity index (χ1) is 8.63. The number of primary amides is 1. The molecule has 1 amide bonds. The minimum Gasteiger partial charge on any atom is -0.481 e. The quantitative estimate of drug-likeness (QED) is 0.724. The van der Waals surface area contributed by atoms with Gasteiger partial charge in [0.05, 0.1) is 6.67 Å². The summed E-state index contributed by atoms with van der Waals surface area (Å²) in [6.45, 7) is 1.38. The molecule has 3 nitrogen and oxygen atoms in total. The van der Waals surface area contributed by atoms with Gasteiger partial charge in [0.1, 0.15) is 5.75 Å². The molecule has 1 atom stereocenters. The Labute approximate surface area is 107 Å². The Morgan fingerprint density at radius 2 is 1.94 bits per heavy atom. The van der Waals surface area contributed by atoms with Crippen molar-refractivity contribution in [1.29, 1.82) is 0 Å². The van der Waals surface area contributed by atoms with Crippen LogP contribution in [-0.4, -0.2) is 18.7 Å². The van der Waals surface area contributed by atoms with Crippen molar-refractivity contribution >= 4 is 5.91 Å². The van der Waals surface area contributed by atoms with E-state index in [0.717, 1.165) is 19.3 Å². The summed E-state index contributed by atoms with van der Waals surface area (Å²) in [6, 6.07) is 7.56. The first kappa shape index (κ1) is 14.5. The monoisotopic (exact) mass is 253 g/mol. The molecule has 0 saturated carbocycles. The lowest BCUT2D eigenvalue weighted by Gasteiger charge is -2.11. The van der Waals surface area contributed by atoms with Crippen LogP contribution in [0, 0.1) is 0 Å². The lowest BCUT2D eigenvalue weighted by molar-refractivity contribution is -0.123. The Bertz CT molecular complexity index is 365. The number of carbonyl (C=O) groups excluding carboxylic acids is 1. The minimum absolute atomic E-state index is 0.238. The van der Waals surface area contributed by atoms with Crippen LogP contribution in [0.3, 0.4) is 0 Å². The lowest BCUT2D eigenvalue weighted by Crippen LogP contribution is -2.30. The number of alkyl halides is 1. The third-order valence-corrected chi connectivity index (χ3v) is 2.74. The molecule has 0 aliphatic heterocycles. The molecule has 100 valence electrons. The van der Waals surface area contributed by atoms with Crippen molar-refractivity contribution in [3.05, 3.63) is 29.8 Å². The van der Waals surface area contributed by atoms with E-state index >= 15 is 0 Å². The zero-order valence-electron chi connectivity index (χ0n) is 10.7. The van der Waals surface area contributed by atoms with E-state index in [4.69, 9.17) is 10.5 Å². The van der Waals surface area contributed by atoms with E-state index in [2.05, 4.69) is 0 Å². The number of ether oxygens (including phenoxy) is 1.